The molecular weight excluding hydrogens is 273 g/mol. The minimum atomic E-state index is -4.37. The Morgan fingerprint density at radius 2 is 2.10 bits per heavy atom. The van der Waals surface area contributed by atoms with E-state index in [1.807, 2.05) is 6.07 Å². The summed E-state index contributed by atoms with van der Waals surface area (Å²) in [5.41, 5.74) is 0.781. The molecule has 0 aliphatic heterocycles. The summed E-state index contributed by atoms with van der Waals surface area (Å²) >= 11 is 0. The first-order valence-corrected chi connectivity index (χ1v) is 5.90. The average molecular weight is 286 g/mol. The highest BCUT2D eigenvalue weighted by atomic mass is 19.4. The van der Waals surface area contributed by atoms with Crippen LogP contribution in [-0.4, -0.2) is 17.8 Å². The Hall–Kier alpha value is -2.02. The highest BCUT2D eigenvalue weighted by Gasteiger charge is 2.28. The third-order valence-electron chi connectivity index (χ3n) is 2.39. The molecule has 108 valence electrons. The van der Waals surface area contributed by atoms with Gasteiger partial charge in [0.15, 0.2) is 6.61 Å². The molecule has 0 bridgehead atoms. The van der Waals surface area contributed by atoms with Gasteiger partial charge in [-0.3, -0.25) is 0 Å². The molecule has 0 spiro atoms. The van der Waals surface area contributed by atoms with Crippen LogP contribution in [0.4, 0.5) is 13.2 Å². The third kappa shape index (κ3) is 4.93. The number of nitrogens with one attached hydrogen (secondary N) is 1. The maximum atomic E-state index is 12.0. The van der Waals surface area contributed by atoms with E-state index in [2.05, 4.69) is 15.0 Å². The fourth-order valence-electron chi connectivity index (χ4n) is 1.54. The second-order valence-corrected chi connectivity index (χ2v) is 4.09. The van der Waals surface area contributed by atoms with Crippen molar-refractivity contribution < 1.29 is 22.3 Å². The van der Waals surface area contributed by atoms with Crippen LogP contribution in [0.3, 0.4) is 0 Å². The molecule has 0 saturated heterocycles. The van der Waals surface area contributed by atoms with E-state index in [1.54, 1.807) is 18.4 Å². The molecule has 0 amide bonds. The number of alkyl halides is 3. The lowest BCUT2D eigenvalue weighted by atomic mass is 10.2. The smallest absolute Gasteiger partial charge is 0.422 e. The van der Waals surface area contributed by atoms with Crippen molar-refractivity contribution in [1.29, 1.82) is 0 Å². The summed E-state index contributed by atoms with van der Waals surface area (Å²) in [6, 6.07) is 6.79. The Kier molecular flexibility index (Phi) is 4.62. The first kappa shape index (κ1) is 14.4. The van der Waals surface area contributed by atoms with E-state index in [0.29, 0.717) is 13.1 Å². The molecule has 20 heavy (non-hydrogen) atoms. The van der Waals surface area contributed by atoms with E-state index < -0.39 is 12.8 Å². The topological polar surface area (TPSA) is 47.3 Å². The molecule has 0 radical (unpaired) electrons. The minimum absolute atomic E-state index is 0.0420. The number of furan rings is 1. The van der Waals surface area contributed by atoms with Crippen molar-refractivity contribution >= 4 is 0 Å². The number of aromatic nitrogens is 1. The molecule has 2 aromatic heterocycles. The molecule has 0 fully saturated rings. The summed E-state index contributed by atoms with van der Waals surface area (Å²) in [7, 11) is 0. The Morgan fingerprint density at radius 1 is 1.25 bits per heavy atom. The van der Waals surface area contributed by atoms with Gasteiger partial charge in [0, 0.05) is 18.8 Å². The summed E-state index contributed by atoms with van der Waals surface area (Å²) in [5.74, 6) is 0.743. The van der Waals surface area contributed by atoms with E-state index in [1.165, 1.54) is 12.3 Å². The third-order valence-corrected chi connectivity index (χ3v) is 2.39. The molecule has 1 N–H and O–H groups in total. The average Bonchev–Trinajstić information content (AvgIpc) is 2.89. The van der Waals surface area contributed by atoms with Crippen molar-refractivity contribution in [2.45, 2.75) is 19.3 Å². The van der Waals surface area contributed by atoms with E-state index >= 15 is 0 Å². The minimum Gasteiger partial charge on any atom is -0.468 e. The monoisotopic (exact) mass is 286 g/mol. The van der Waals surface area contributed by atoms with Crippen molar-refractivity contribution in [2.24, 2.45) is 0 Å². The van der Waals surface area contributed by atoms with Gasteiger partial charge >= 0.3 is 6.18 Å². The Bertz CT molecular complexity index is 527. The lowest BCUT2D eigenvalue weighted by molar-refractivity contribution is -0.154. The predicted molar refractivity (Wildman–Crippen MR) is 65.0 cm³/mol. The summed E-state index contributed by atoms with van der Waals surface area (Å²) in [6.45, 7) is -0.330. The zero-order chi connectivity index (χ0) is 14.4. The molecular formula is C13H13F3N2O2. The summed E-state index contributed by atoms with van der Waals surface area (Å²) < 4.78 is 45.8. The highest BCUT2D eigenvalue weighted by molar-refractivity contribution is 5.20. The normalized spacial score (nSPS) is 11.6. The lowest BCUT2D eigenvalue weighted by Gasteiger charge is -2.09. The highest BCUT2D eigenvalue weighted by Crippen LogP contribution is 2.17. The van der Waals surface area contributed by atoms with Crippen LogP contribution in [0.25, 0.3) is 0 Å². The first-order chi connectivity index (χ1) is 9.53. The van der Waals surface area contributed by atoms with Gasteiger partial charge in [-0.15, -0.1) is 0 Å². The van der Waals surface area contributed by atoms with Gasteiger partial charge in [0.05, 0.1) is 12.8 Å². The van der Waals surface area contributed by atoms with Crippen LogP contribution in [0.2, 0.25) is 0 Å². The summed E-state index contributed by atoms with van der Waals surface area (Å²) in [6.07, 6.45) is -1.38. The van der Waals surface area contributed by atoms with Crippen LogP contribution in [-0.2, 0) is 13.1 Å². The predicted octanol–water partition coefficient (Wildman–Crippen LogP) is 2.91. The quantitative estimate of drug-likeness (QED) is 0.887. The molecule has 0 aromatic carbocycles. The molecule has 0 aliphatic carbocycles. The molecule has 0 saturated carbocycles. The molecule has 4 nitrogen and oxygen atoms in total. The zero-order valence-corrected chi connectivity index (χ0v) is 10.5. The first-order valence-electron chi connectivity index (χ1n) is 5.90. The number of ether oxygens (including phenoxy) is 1. The maximum Gasteiger partial charge on any atom is 0.422 e. The van der Waals surface area contributed by atoms with E-state index in [0.717, 1.165) is 11.3 Å². The van der Waals surface area contributed by atoms with Crippen molar-refractivity contribution in [1.82, 2.24) is 10.3 Å². The van der Waals surface area contributed by atoms with Gasteiger partial charge in [-0.05, 0) is 23.8 Å². The zero-order valence-electron chi connectivity index (χ0n) is 10.5. The van der Waals surface area contributed by atoms with Crippen molar-refractivity contribution in [3.63, 3.8) is 0 Å². The fourth-order valence-corrected chi connectivity index (χ4v) is 1.54. The second-order valence-electron chi connectivity index (χ2n) is 4.09. The van der Waals surface area contributed by atoms with Crippen LogP contribution < -0.4 is 10.1 Å². The van der Waals surface area contributed by atoms with Crippen LogP contribution >= 0.6 is 0 Å². The molecule has 7 heteroatoms. The largest absolute Gasteiger partial charge is 0.468 e. The SMILES string of the molecule is FC(F)(F)COc1cc(CNCc2ccco2)ccn1. The molecule has 2 rings (SSSR count). The number of nitrogens with zero attached hydrogens (tertiary/aromatic N) is 1. The standard InChI is InChI=1S/C13H13F3N2O2/c14-13(15,16)9-20-12-6-10(3-4-18-12)7-17-8-11-2-1-5-19-11/h1-6,17H,7-9H2. The number of rotatable bonds is 6. The number of halogens is 3. The van der Waals surface area contributed by atoms with Crippen molar-refractivity contribution in [2.75, 3.05) is 6.61 Å². The van der Waals surface area contributed by atoms with Crippen LogP contribution in [0.1, 0.15) is 11.3 Å². The molecule has 2 aromatic rings. The maximum absolute atomic E-state index is 12.0. The number of hydrogen-bond donors (Lipinski definition) is 1. The summed E-state index contributed by atoms with van der Waals surface area (Å²) in [5, 5.41) is 3.10. The Balaban J connectivity index is 1.83. The lowest BCUT2D eigenvalue weighted by Crippen LogP contribution is -2.19. The van der Waals surface area contributed by atoms with Gasteiger partial charge in [-0.2, -0.15) is 13.2 Å². The van der Waals surface area contributed by atoms with Crippen molar-refractivity contribution in [3.05, 3.63) is 48.0 Å². The van der Waals surface area contributed by atoms with E-state index in [4.69, 9.17) is 4.42 Å². The van der Waals surface area contributed by atoms with Crippen LogP contribution in [0, 0.1) is 0 Å². The van der Waals surface area contributed by atoms with Gasteiger partial charge in [0.1, 0.15) is 5.76 Å². The van der Waals surface area contributed by atoms with Gasteiger partial charge in [-0.1, -0.05) is 0 Å². The van der Waals surface area contributed by atoms with Gasteiger partial charge < -0.3 is 14.5 Å². The van der Waals surface area contributed by atoms with Gasteiger partial charge in [0.2, 0.25) is 5.88 Å². The molecule has 2 heterocycles. The van der Waals surface area contributed by atoms with Crippen LogP contribution in [0.15, 0.2) is 41.1 Å². The fraction of sp³-hybridized carbons (Fsp3) is 0.308. The number of pyridine rings is 1. The number of hydrogen-bond acceptors (Lipinski definition) is 4. The van der Waals surface area contributed by atoms with Gasteiger partial charge in [-0.25, -0.2) is 4.98 Å². The summed E-state index contributed by atoms with van der Waals surface area (Å²) in [4.78, 5) is 3.73. The Labute approximate surface area is 113 Å². The Morgan fingerprint density at radius 3 is 2.80 bits per heavy atom. The van der Waals surface area contributed by atoms with E-state index in [9.17, 15) is 13.2 Å². The van der Waals surface area contributed by atoms with Crippen LogP contribution in [0.5, 0.6) is 5.88 Å². The molecule has 0 aliphatic rings. The van der Waals surface area contributed by atoms with Crippen molar-refractivity contribution in [3.8, 4) is 5.88 Å². The molecule has 0 unspecified atom stereocenters. The van der Waals surface area contributed by atoms with E-state index in [-0.39, 0.29) is 5.88 Å². The second kappa shape index (κ2) is 6.42. The molecule has 0 atom stereocenters. The van der Waals surface area contributed by atoms with Gasteiger partial charge in [0.25, 0.3) is 0 Å².